The lowest BCUT2D eigenvalue weighted by molar-refractivity contribution is 0.0315. The molecule has 1 aliphatic heterocycles. The third-order valence-corrected chi connectivity index (χ3v) is 5.71. The highest BCUT2D eigenvalue weighted by molar-refractivity contribution is 7.99. The fourth-order valence-corrected chi connectivity index (χ4v) is 4.18. The molecule has 0 spiro atoms. The van der Waals surface area contributed by atoms with Crippen molar-refractivity contribution in [2.75, 3.05) is 19.5 Å². The van der Waals surface area contributed by atoms with E-state index in [1.54, 1.807) is 25.1 Å². The van der Waals surface area contributed by atoms with Crippen LogP contribution >= 0.6 is 11.8 Å². The molecule has 1 aliphatic rings. The highest BCUT2D eigenvalue weighted by atomic mass is 32.2. The minimum absolute atomic E-state index is 0.290. The van der Waals surface area contributed by atoms with Crippen molar-refractivity contribution in [2.24, 2.45) is 0 Å². The summed E-state index contributed by atoms with van der Waals surface area (Å²) in [6.07, 6.45) is 5.49. The first kappa shape index (κ1) is 18.1. The molecule has 1 aromatic carbocycles. The quantitative estimate of drug-likeness (QED) is 0.567. The van der Waals surface area contributed by atoms with E-state index < -0.39 is 0 Å². The summed E-state index contributed by atoms with van der Waals surface area (Å²) in [5, 5.41) is 9.78. The van der Waals surface area contributed by atoms with Gasteiger partial charge >= 0.3 is 0 Å². The maximum absolute atomic E-state index is 5.85. The molecular weight excluding hydrogens is 362 g/mol. The van der Waals surface area contributed by atoms with Crippen LogP contribution in [0.4, 0.5) is 0 Å². The van der Waals surface area contributed by atoms with Gasteiger partial charge in [0.1, 0.15) is 11.5 Å². The summed E-state index contributed by atoms with van der Waals surface area (Å²) in [6, 6.07) is 11.7. The molecule has 142 valence electrons. The molecule has 4 rings (SSSR count). The normalized spacial score (nSPS) is 17.1. The smallest absolute Gasteiger partial charge is 0.192 e. The molecule has 27 heavy (non-hydrogen) atoms. The topological polar surface area (TPSA) is 62.3 Å². The Bertz CT molecular complexity index is 857. The third kappa shape index (κ3) is 4.36. The van der Waals surface area contributed by atoms with Gasteiger partial charge in [-0.15, -0.1) is 10.2 Å². The van der Waals surface area contributed by atoms with Gasteiger partial charge in [-0.3, -0.25) is 4.57 Å². The van der Waals surface area contributed by atoms with Gasteiger partial charge in [-0.25, -0.2) is 0 Å². The van der Waals surface area contributed by atoms with E-state index >= 15 is 0 Å². The molecule has 1 unspecified atom stereocenters. The van der Waals surface area contributed by atoms with Crippen LogP contribution in [0.15, 0.2) is 52.2 Å². The summed E-state index contributed by atoms with van der Waals surface area (Å²) >= 11 is 1.69. The van der Waals surface area contributed by atoms with Crippen molar-refractivity contribution in [3.63, 3.8) is 0 Å². The van der Waals surface area contributed by atoms with E-state index in [1.165, 1.54) is 6.42 Å². The van der Waals surface area contributed by atoms with E-state index in [9.17, 15) is 0 Å². The maximum Gasteiger partial charge on any atom is 0.192 e. The van der Waals surface area contributed by atoms with Crippen molar-refractivity contribution in [1.82, 2.24) is 14.8 Å². The Morgan fingerprint density at radius 2 is 2.19 bits per heavy atom. The Labute approximate surface area is 162 Å². The first-order valence-corrected chi connectivity index (χ1v) is 10.2. The second-order valence-corrected chi connectivity index (χ2v) is 7.49. The Kier molecular flexibility index (Phi) is 5.79. The zero-order valence-corrected chi connectivity index (χ0v) is 16.2. The van der Waals surface area contributed by atoms with Gasteiger partial charge in [0.25, 0.3) is 0 Å². The maximum atomic E-state index is 5.85. The second-order valence-electron chi connectivity index (χ2n) is 6.50. The molecule has 0 amide bonds. The first-order chi connectivity index (χ1) is 13.3. The molecule has 1 saturated heterocycles. The lowest BCUT2D eigenvalue weighted by Crippen LogP contribution is -2.21. The van der Waals surface area contributed by atoms with Crippen molar-refractivity contribution in [3.05, 3.63) is 48.4 Å². The fraction of sp³-hybridized carbons (Fsp3) is 0.400. The van der Waals surface area contributed by atoms with Crippen molar-refractivity contribution in [2.45, 2.75) is 37.1 Å². The van der Waals surface area contributed by atoms with E-state index in [2.05, 4.69) is 14.8 Å². The van der Waals surface area contributed by atoms with Crippen LogP contribution in [0.2, 0.25) is 0 Å². The molecular formula is C20H23N3O3S. The number of methoxy groups -OCH3 is 1. The Morgan fingerprint density at radius 1 is 1.22 bits per heavy atom. The molecule has 2 aromatic heterocycles. The number of furan rings is 1. The summed E-state index contributed by atoms with van der Waals surface area (Å²) in [6.45, 7) is 1.44. The minimum Gasteiger partial charge on any atom is -0.497 e. The Balaban J connectivity index is 1.60. The van der Waals surface area contributed by atoms with Crippen molar-refractivity contribution < 1.29 is 13.9 Å². The number of nitrogens with zero attached hydrogens (tertiary/aromatic N) is 3. The van der Waals surface area contributed by atoms with Crippen LogP contribution in [0.3, 0.4) is 0 Å². The minimum atomic E-state index is 0.290. The first-order valence-electron chi connectivity index (χ1n) is 9.18. The lowest BCUT2D eigenvalue weighted by Gasteiger charge is -2.21. The number of hydrogen-bond acceptors (Lipinski definition) is 6. The van der Waals surface area contributed by atoms with E-state index in [0.717, 1.165) is 53.3 Å². The monoisotopic (exact) mass is 385 g/mol. The van der Waals surface area contributed by atoms with Crippen LogP contribution in [0.25, 0.3) is 11.4 Å². The molecule has 3 aromatic rings. The van der Waals surface area contributed by atoms with E-state index in [1.807, 2.05) is 36.4 Å². The molecule has 0 N–H and O–H groups in total. The number of ether oxygens (including phenoxy) is 2. The zero-order chi connectivity index (χ0) is 18.5. The second kappa shape index (κ2) is 8.63. The number of thioether (sulfide) groups is 1. The van der Waals surface area contributed by atoms with E-state index in [0.29, 0.717) is 6.54 Å². The average Bonchev–Trinajstić information content (AvgIpc) is 3.38. The molecule has 0 saturated carbocycles. The number of rotatable bonds is 7. The molecule has 1 atom stereocenters. The Hall–Kier alpha value is -2.25. The summed E-state index contributed by atoms with van der Waals surface area (Å²) in [7, 11) is 1.66. The summed E-state index contributed by atoms with van der Waals surface area (Å²) in [5.41, 5.74) is 0.967. The predicted octanol–water partition coefficient (Wildman–Crippen LogP) is 4.26. The summed E-state index contributed by atoms with van der Waals surface area (Å²) < 4.78 is 18.9. The molecule has 3 heterocycles. The van der Waals surface area contributed by atoms with Crippen LogP contribution in [0, 0.1) is 0 Å². The summed E-state index contributed by atoms with van der Waals surface area (Å²) in [4.78, 5) is 0. The molecule has 6 nitrogen and oxygen atoms in total. The SMILES string of the molecule is COc1cccc(-c2nnc(SCC3CCCCO3)n2Cc2ccco2)c1. The van der Waals surface area contributed by atoms with Crippen LogP contribution in [0.5, 0.6) is 5.75 Å². The zero-order valence-electron chi connectivity index (χ0n) is 15.3. The largest absolute Gasteiger partial charge is 0.497 e. The van der Waals surface area contributed by atoms with E-state index in [-0.39, 0.29) is 6.10 Å². The van der Waals surface area contributed by atoms with Crippen LogP contribution < -0.4 is 4.74 Å². The van der Waals surface area contributed by atoms with Crippen LogP contribution in [0.1, 0.15) is 25.0 Å². The number of aromatic nitrogens is 3. The highest BCUT2D eigenvalue weighted by Gasteiger charge is 2.19. The van der Waals surface area contributed by atoms with Crippen LogP contribution in [-0.4, -0.2) is 40.3 Å². The van der Waals surface area contributed by atoms with Crippen LogP contribution in [-0.2, 0) is 11.3 Å². The third-order valence-electron chi connectivity index (χ3n) is 4.61. The van der Waals surface area contributed by atoms with E-state index in [4.69, 9.17) is 13.9 Å². The lowest BCUT2D eigenvalue weighted by atomic mass is 10.1. The van der Waals surface area contributed by atoms with Gasteiger partial charge < -0.3 is 13.9 Å². The standard InChI is InChI=1S/C20H23N3O3S/c1-24-16-8-4-6-15(12-16)19-21-22-20(23(19)13-17-9-5-11-25-17)27-14-18-7-2-3-10-26-18/h4-6,8-9,11-12,18H,2-3,7,10,13-14H2,1H3. The average molecular weight is 385 g/mol. The van der Waals surface area contributed by atoms with Crippen molar-refractivity contribution in [1.29, 1.82) is 0 Å². The highest BCUT2D eigenvalue weighted by Crippen LogP contribution is 2.29. The van der Waals surface area contributed by atoms with Crippen molar-refractivity contribution >= 4 is 11.8 Å². The van der Waals surface area contributed by atoms with Crippen molar-refractivity contribution in [3.8, 4) is 17.1 Å². The Morgan fingerprint density at radius 3 is 2.96 bits per heavy atom. The van der Waals surface area contributed by atoms with Gasteiger partial charge in [0.05, 0.1) is 26.0 Å². The van der Waals surface area contributed by atoms with Gasteiger partial charge in [0.15, 0.2) is 11.0 Å². The van der Waals surface area contributed by atoms with Gasteiger partial charge in [0.2, 0.25) is 0 Å². The van der Waals surface area contributed by atoms with Gasteiger partial charge in [0, 0.05) is 17.9 Å². The van der Waals surface area contributed by atoms with Gasteiger partial charge in [-0.2, -0.15) is 0 Å². The molecule has 0 radical (unpaired) electrons. The fourth-order valence-electron chi connectivity index (χ4n) is 3.18. The molecule has 0 aliphatic carbocycles. The molecule has 1 fully saturated rings. The number of hydrogen-bond donors (Lipinski definition) is 0. The number of benzene rings is 1. The molecule has 7 heteroatoms. The summed E-state index contributed by atoms with van der Waals surface area (Å²) in [5.74, 6) is 3.35. The van der Waals surface area contributed by atoms with Gasteiger partial charge in [-0.05, 0) is 43.5 Å². The van der Waals surface area contributed by atoms with Gasteiger partial charge in [-0.1, -0.05) is 23.9 Å². The molecule has 0 bridgehead atoms. The predicted molar refractivity (Wildman–Crippen MR) is 104 cm³/mol.